The number of thioether (sulfide) groups is 1. The lowest BCUT2D eigenvalue weighted by Crippen LogP contribution is -2.25. The predicted molar refractivity (Wildman–Crippen MR) is 123 cm³/mol. The van der Waals surface area contributed by atoms with Crippen molar-refractivity contribution in [2.24, 2.45) is 0 Å². The highest BCUT2D eigenvalue weighted by Gasteiger charge is 2.15. The molecule has 0 aliphatic heterocycles. The Bertz CT molecular complexity index is 1200. The summed E-state index contributed by atoms with van der Waals surface area (Å²) in [5.41, 5.74) is 2.64. The maximum absolute atomic E-state index is 12.6. The van der Waals surface area contributed by atoms with Gasteiger partial charge in [0.15, 0.2) is 0 Å². The summed E-state index contributed by atoms with van der Waals surface area (Å²) in [5.74, 6) is -0.0790. The molecule has 32 heavy (non-hydrogen) atoms. The van der Waals surface area contributed by atoms with Gasteiger partial charge >= 0.3 is 0 Å². The minimum Gasteiger partial charge on any atom is -0.411 e. The average molecular weight is 445 g/mol. The first kappa shape index (κ1) is 21.3. The molecule has 0 aliphatic carbocycles. The Balaban J connectivity index is 1.33. The standard InChI is InChI=1S/C24H20N4O3S/c29-21(16-32-24-28-27-23(31-24)18-11-5-2-6-12-18)26-20-14-8-7-13-19(20)22(30)25-15-17-9-3-1-4-10-17/h1-14H,15-16H2,(H,25,30)(H,26,29). The lowest BCUT2D eigenvalue weighted by Gasteiger charge is -2.11. The van der Waals surface area contributed by atoms with E-state index >= 15 is 0 Å². The molecule has 0 atom stereocenters. The van der Waals surface area contributed by atoms with Crippen molar-refractivity contribution in [3.63, 3.8) is 0 Å². The number of hydrogen-bond donors (Lipinski definition) is 2. The molecule has 0 saturated carbocycles. The summed E-state index contributed by atoms with van der Waals surface area (Å²) < 4.78 is 5.60. The fraction of sp³-hybridized carbons (Fsp3) is 0.0833. The summed E-state index contributed by atoms with van der Waals surface area (Å²) >= 11 is 1.13. The van der Waals surface area contributed by atoms with Gasteiger partial charge in [-0.05, 0) is 29.8 Å². The lowest BCUT2D eigenvalue weighted by molar-refractivity contribution is -0.113. The van der Waals surface area contributed by atoms with E-state index in [1.807, 2.05) is 60.7 Å². The molecule has 0 saturated heterocycles. The molecule has 0 bridgehead atoms. The highest BCUT2D eigenvalue weighted by Crippen LogP contribution is 2.23. The molecule has 0 fully saturated rings. The zero-order chi connectivity index (χ0) is 22.2. The second-order valence-electron chi connectivity index (χ2n) is 6.79. The fourth-order valence-electron chi connectivity index (χ4n) is 2.94. The zero-order valence-corrected chi connectivity index (χ0v) is 17.8. The summed E-state index contributed by atoms with van der Waals surface area (Å²) in [7, 11) is 0. The van der Waals surface area contributed by atoms with Gasteiger partial charge in [-0.1, -0.05) is 72.4 Å². The maximum Gasteiger partial charge on any atom is 0.277 e. The van der Waals surface area contributed by atoms with Crippen molar-refractivity contribution in [3.05, 3.63) is 96.1 Å². The van der Waals surface area contributed by atoms with E-state index in [1.165, 1.54) is 0 Å². The number of benzene rings is 3. The molecule has 160 valence electrons. The average Bonchev–Trinajstić information content (AvgIpc) is 3.32. The first-order chi connectivity index (χ1) is 15.7. The van der Waals surface area contributed by atoms with Gasteiger partial charge in [0.25, 0.3) is 11.1 Å². The second kappa shape index (κ2) is 10.4. The maximum atomic E-state index is 12.6. The van der Waals surface area contributed by atoms with Crippen molar-refractivity contribution < 1.29 is 14.0 Å². The van der Waals surface area contributed by atoms with Crippen molar-refractivity contribution in [1.82, 2.24) is 15.5 Å². The first-order valence-electron chi connectivity index (χ1n) is 9.92. The van der Waals surface area contributed by atoms with Crippen LogP contribution in [-0.4, -0.2) is 27.8 Å². The number of amides is 2. The van der Waals surface area contributed by atoms with E-state index in [0.29, 0.717) is 28.9 Å². The lowest BCUT2D eigenvalue weighted by atomic mass is 10.1. The first-order valence-corrected chi connectivity index (χ1v) is 10.9. The third kappa shape index (κ3) is 5.61. The SMILES string of the molecule is O=C(CSc1nnc(-c2ccccc2)o1)Nc1ccccc1C(=O)NCc1ccccc1. The van der Waals surface area contributed by atoms with Crippen LogP contribution < -0.4 is 10.6 Å². The molecule has 0 spiro atoms. The molecule has 1 aromatic heterocycles. The topological polar surface area (TPSA) is 97.1 Å². The van der Waals surface area contributed by atoms with Crippen LogP contribution >= 0.6 is 11.8 Å². The molecule has 0 radical (unpaired) electrons. The van der Waals surface area contributed by atoms with Crippen LogP contribution in [0.2, 0.25) is 0 Å². The van der Waals surface area contributed by atoms with Gasteiger partial charge < -0.3 is 15.1 Å². The van der Waals surface area contributed by atoms with E-state index in [2.05, 4.69) is 20.8 Å². The number of rotatable bonds is 8. The fourth-order valence-corrected chi connectivity index (χ4v) is 3.51. The van der Waals surface area contributed by atoms with Gasteiger partial charge in [-0.25, -0.2) is 0 Å². The predicted octanol–water partition coefficient (Wildman–Crippen LogP) is 4.40. The number of carbonyl (C=O) groups excluding carboxylic acids is 2. The van der Waals surface area contributed by atoms with E-state index < -0.39 is 0 Å². The van der Waals surface area contributed by atoms with Crippen LogP contribution in [0.5, 0.6) is 0 Å². The number of nitrogens with one attached hydrogen (secondary N) is 2. The molecule has 1 heterocycles. The molecule has 0 aliphatic rings. The van der Waals surface area contributed by atoms with E-state index in [9.17, 15) is 9.59 Å². The quantitative estimate of drug-likeness (QED) is 0.391. The Morgan fingerprint density at radius 3 is 2.31 bits per heavy atom. The zero-order valence-electron chi connectivity index (χ0n) is 17.0. The van der Waals surface area contributed by atoms with E-state index in [-0.39, 0.29) is 17.6 Å². The van der Waals surface area contributed by atoms with Crippen molar-refractivity contribution in [1.29, 1.82) is 0 Å². The van der Waals surface area contributed by atoms with Gasteiger partial charge in [0.05, 0.1) is 17.0 Å². The van der Waals surface area contributed by atoms with Crippen LogP contribution in [0.4, 0.5) is 5.69 Å². The van der Waals surface area contributed by atoms with E-state index in [0.717, 1.165) is 22.9 Å². The van der Waals surface area contributed by atoms with Crippen molar-refractivity contribution in [2.45, 2.75) is 11.8 Å². The Morgan fingerprint density at radius 2 is 1.53 bits per heavy atom. The van der Waals surface area contributed by atoms with Gasteiger partial charge in [-0.15, -0.1) is 10.2 Å². The number of nitrogens with zero attached hydrogens (tertiary/aromatic N) is 2. The summed E-state index contributed by atoms with van der Waals surface area (Å²) in [6.07, 6.45) is 0. The van der Waals surface area contributed by atoms with Gasteiger partial charge in [-0.2, -0.15) is 0 Å². The summed E-state index contributed by atoms with van der Waals surface area (Å²) in [6, 6.07) is 25.9. The van der Waals surface area contributed by atoms with Crippen molar-refractivity contribution in [3.8, 4) is 11.5 Å². The number of anilines is 1. The van der Waals surface area contributed by atoms with Gasteiger partial charge in [-0.3, -0.25) is 9.59 Å². The summed E-state index contributed by atoms with van der Waals surface area (Å²) in [6.45, 7) is 0.402. The summed E-state index contributed by atoms with van der Waals surface area (Å²) in [5, 5.41) is 13.9. The third-order valence-corrected chi connectivity index (χ3v) is 5.31. The molecule has 4 aromatic rings. The highest BCUT2D eigenvalue weighted by molar-refractivity contribution is 7.99. The Morgan fingerprint density at radius 1 is 0.844 bits per heavy atom. The van der Waals surface area contributed by atoms with Gasteiger partial charge in [0.2, 0.25) is 11.8 Å². The Labute approximate surface area is 189 Å². The molecule has 3 aromatic carbocycles. The smallest absolute Gasteiger partial charge is 0.277 e. The van der Waals surface area contributed by atoms with Crippen LogP contribution in [0, 0.1) is 0 Å². The molecular formula is C24H20N4O3S. The van der Waals surface area contributed by atoms with Crippen LogP contribution in [0.3, 0.4) is 0 Å². The van der Waals surface area contributed by atoms with E-state index in [4.69, 9.17) is 4.42 Å². The van der Waals surface area contributed by atoms with E-state index in [1.54, 1.807) is 24.3 Å². The van der Waals surface area contributed by atoms with Crippen molar-refractivity contribution >= 4 is 29.3 Å². The van der Waals surface area contributed by atoms with Gasteiger partial charge in [0.1, 0.15) is 0 Å². The van der Waals surface area contributed by atoms with Gasteiger partial charge in [0, 0.05) is 12.1 Å². The number of para-hydroxylation sites is 1. The number of hydrogen-bond acceptors (Lipinski definition) is 6. The normalized spacial score (nSPS) is 10.5. The number of aromatic nitrogens is 2. The molecule has 8 heteroatoms. The van der Waals surface area contributed by atoms with Crippen molar-refractivity contribution in [2.75, 3.05) is 11.1 Å². The molecule has 7 nitrogen and oxygen atoms in total. The largest absolute Gasteiger partial charge is 0.411 e. The molecule has 4 rings (SSSR count). The Hall–Kier alpha value is -3.91. The monoisotopic (exact) mass is 444 g/mol. The minimum atomic E-state index is -0.280. The molecular weight excluding hydrogens is 424 g/mol. The van der Waals surface area contributed by atoms with Crippen LogP contribution in [0.15, 0.2) is 94.6 Å². The highest BCUT2D eigenvalue weighted by atomic mass is 32.2. The van der Waals surface area contributed by atoms with Crippen LogP contribution in [-0.2, 0) is 11.3 Å². The van der Waals surface area contributed by atoms with Crippen LogP contribution in [0.25, 0.3) is 11.5 Å². The molecule has 0 unspecified atom stereocenters. The molecule has 2 amide bonds. The number of carbonyl (C=O) groups is 2. The summed E-state index contributed by atoms with van der Waals surface area (Å²) in [4.78, 5) is 25.1. The van der Waals surface area contributed by atoms with Crippen LogP contribution in [0.1, 0.15) is 15.9 Å². The second-order valence-corrected chi connectivity index (χ2v) is 7.72. The Kier molecular flexibility index (Phi) is 6.94. The third-order valence-electron chi connectivity index (χ3n) is 4.50. The molecule has 2 N–H and O–H groups in total. The minimum absolute atomic E-state index is 0.0659.